The molecule has 0 fully saturated rings. The average Bonchev–Trinajstić information content (AvgIpc) is 3.22. The van der Waals surface area contributed by atoms with E-state index in [9.17, 15) is 0 Å². The van der Waals surface area contributed by atoms with Gasteiger partial charge in [0.1, 0.15) is 0 Å². The van der Waals surface area contributed by atoms with Crippen LogP contribution in [0.5, 0.6) is 0 Å². The lowest BCUT2D eigenvalue weighted by Gasteiger charge is -2.18. The third kappa shape index (κ3) is 2.45. The number of rotatable bonds is 2. The Kier molecular flexibility index (Phi) is 3.09. The van der Waals surface area contributed by atoms with E-state index in [0.717, 1.165) is 27.1 Å². The largest absolute Gasteiger partial charge is 0.462 e. The lowest BCUT2D eigenvalue weighted by Crippen LogP contribution is -2.10. The number of benzene rings is 1. The Morgan fingerprint density at radius 1 is 1.04 bits per heavy atom. The molecular weight excluding hydrogens is 308 g/mol. The first-order valence-corrected chi connectivity index (χ1v) is 8.21. The van der Waals surface area contributed by atoms with Crippen molar-refractivity contribution in [2.24, 2.45) is 0 Å². The summed E-state index contributed by atoms with van der Waals surface area (Å²) in [7, 11) is 0. The molecule has 0 saturated carbocycles. The van der Waals surface area contributed by atoms with Crippen LogP contribution in [0, 0.1) is 0 Å². The van der Waals surface area contributed by atoms with Gasteiger partial charge in [-0.05, 0) is 23.1 Å². The highest BCUT2D eigenvalue weighted by molar-refractivity contribution is 7.19. The molecule has 0 atom stereocenters. The van der Waals surface area contributed by atoms with Crippen molar-refractivity contribution >= 4 is 16.3 Å². The minimum Gasteiger partial charge on any atom is -0.462 e. The summed E-state index contributed by atoms with van der Waals surface area (Å²) in [6.45, 7) is 6.61. The molecule has 6 heteroatoms. The Balaban J connectivity index is 1.77. The second kappa shape index (κ2) is 5.03. The molecule has 0 spiro atoms. The minimum absolute atomic E-state index is 0.131. The third-order valence-electron chi connectivity index (χ3n) is 3.73. The molecule has 1 aromatic carbocycles. The first-order valence-electron chi connectivity index (χ1n) is 7.39. The molecule has 4 aromatic rings. The SMILES string of the molecule is CC(C)(C)c1ccc(-c2nnc3sc(-c4ccco4)nn23)cc1. The number of hydrogen-bond acceptors (Lipinski definition) is 5. The molecule has 23 heavy (non-hydrogen) atoms. The quantitative estimate of drug-likeness (QED) is 0.548. The van der Waals surface area contributed by atoms with Gasteiger partial charge in [-0.25, -0.2) is 0 Å². The Morgan fingerprint density at radius 2 is 1.83 bits per heavy atom. The summed E-state index contributed by atoms with van der Waals surface area (Å²) in [5.41, 5.74) is 2.42. The van der Waals surface area contributed by atoms with Crippen LogP contribution in [0.1, 0.15) is 26.3 Å². The van der Waals surface area contributed by atoms with E-state index in [0.29, 0.717) is 0 Å². The van der Waals surface area contributed by atoms with Crippen LogP contribution in [0.2, 0.25) is 0 Å². The molecule has 3 heterocycles. The zero-order valence-corrected chi connectivity index (χ0v) is 14.0. The molecule has 0 radical (unpaired) electrons. The first kappa shape index (κ1) is 14.1. The van der Waals surface area contributed by atoms with Gasteiger partial charge in [0, 0.05) is 5.56 Å². The van der Waals surface area contributed by atoms with E-state index in [1.165, 1.54) is 16.9 Å². The monoisotopic (exact) mass is 324 g/mol. The van der Waals surface area contributed by atoms with E-state index in [1.54, 1.807) is 10.8 Å². The highest BCUT2D eigenvalue weighted by Gasteiger charge is 2.17. The Bertz CT molecular complexity index is 943. The second-order valence-electron chi connectivity index (χ2n) is 6.43. The van der Waals surface area contributed by atoms with Gasteiger partial charge in [-0.3, -0.25) is 0 Å². The maximum Gasteiger partial charge on any atom is 0.235 e. The summed E-state index contributed by atoms with van der Waals surface area (Å²) in [4.78, 5) is 0.756. The molecule has 0 bridgehead atoms. The number of aromatic nitrogens is 4. The van der Waals surface area contributed by atoms with Crippen LogP contribution >= 0.6 is 11.3 Å². The molecule has 3 aromatic heterocycles. The lowest BCUT2D eigenvalue weighted by atomic mass is 9.87. The molecule has 0 N–H and O–H groups in total. The van der Waals surface area contributed by atoms with Gasteiger partial charge in [-0.1, -0.05) is 56.4 Å². The molecule has 0 saturated heterocycles. The summed E-state index contributed by atoms with van der Waals surface area (Å²) in [5, 5.41) is 13.9. The van der Waals surface area contributed by atoms with E-state index >= 15 is 0 Å². The van der Waals surface area contributed by atoms with Crippen LogP contribution in [-0.2, 0) is 5.41 Å². The summed E-state index contributed by atoms with van der Waals surface area (Å²) in [6.07, 6.45) is 1.64. The summed E-state index contributed by atoms with van der Waals surface area (Å²) < 4.78 is 7.18. The third-order valence-corrected chi connectivity index (χ3v) is 4.65. The zero-order chi connectivity index (χ0) is 16.0. The van der Waals surface area contributed by atoms with Crippen LogP contribution < -0.4 is 0 Å². The molecule has 5 nitrogen and oxygen atoms in total. The van der Waals surface area contributed by atoms with E-state index in [4.69, 9.17) is 4.42 Å². The molecule has 0 aliphatic heterocycles. The maximum absolute atomic E-state index is 5.40. The highest BCUT2D eigenvalue weighted by Crippen LogP contribution is 2.29. The van der Waals surface area contributed by atoms with Gasteiger partial charge >= 0.3 is 0 Å². The van der Waals surface area contributed by atoms with E-state index in [-0.39, 0.29) is 5.41 Å². The van der Waals surface area contributed by atoms with Crippen LogP contribution in [0.25, 0.3) is 27.1 Å². The van der Waals surface area contributed by atoms with E-state index in [2.05, 4.69) is 60.3 Å². The molecule has 4 rings (SSSR count). The minimum atomic E-state index is 0.131. The highest BCUT2D eigenvalue weighted by atomic mass is 32.1. The predicted octanol–water partition coefficient (Wildman–Crippen LogP) is 4.41. The van der Waals surface area contributed by atoms with Crippen molar-refractivity contribution in [3.05, 3.63) is 48.2 Å². The first-order chi connectivity index (χ1) is 11.0. The molecular formula is C17H16N4OS. The zero-order valence-electron chi connectivity index (χ0n) is 13.1. The van der Waals surface area contributed by atoms with Crippen molar-refractivity contribution < 1.29 is 4.42 Å². The van der Waals surface area contributed by atoms with E-state index in [1.807, 2.05) is 12.1 Å². The van der Waals surface area contributed by atoms with Crippen molar-refractivity contribution in [1.82, 2.24) is 19.8 Å². The van der Waals surface area contributed by atoms with Crippen molar-refractivity contribution in [2.75, 3.05) is 0 Å². The fourth-order valence-electron chi connectivity index (χ4n) is 2.42. The predicted molar refractivity (Wildman–Crippen MR) is 90.5 cm³/mol. The second-order valence-corrected chi connectivity index (χ2v) is 7.39. The molecule has 0 aliphatic carbocycles. The van der Waals surface area contributed by atoms with Gasteiger partial charge < -0.3 is 4.42 Å². The fourth-order valence-corrected chi connectivity index (χ4v) is 3.22. The van der Waals surface area contributed by atoms with Gasteiger partial charge in [0.25, 0.3) is 0 Å². The summed E-state index contributed by atoms with van der Waals surface area (Å²) >= 11 is 1.46. The molecule has 0 amide bonds. The van der Waals surface area contributed by atoms with Crippen LogP contribution in [0.4, 0.5) is 0 Å². The number of hydrogen-bond donors (Lipinski definition) is 0. The normalized spacial score (nSPS) is 12.1. The number of furan rings is 1. The summed E-state index contributed by atoms with van der Waals surface area (Å²) in [5.74, 6) is 1.49. The van der Waals surface area contributed by atoms with Gasteiger partial charge in [0.2, 0.25) is 4.96 Å². The lowest BCUT2D eigenvalue weighted by molar-refractivity contribution is 0.580. The standard InChI is InChI=1S/C17H16N4OS/c1-17(2,3)12-8-6-11(7-9-12)14-18-19-16-21(14)20-15(23-16)13-5-4-10-22-13/h4-10H,1-3H3. The van der Waals surface area contributed by atoms with Gasteiger partial charge in [-0.15, -0.1) is 15.3 Å². The maximum atomic E-state index is 5.40. The fraction of sp³-hybridized carbons (Fsp3) is 0.235. The number of fused-ring (bicyclic) bond motifs is 1. The molecule has 116 valence electrons. The summed E-state index contributed by atoms with van der Waals surface area (Å²) in [6, 6.07) is 12.2. The van der Waals surface area contributed by atoms with Gasteiger partial charge in [0.05, 0.1) is 6.26 Å². The van der Waals surface area contributed by atoms with Crippen molar-refractivity contribution in [3.8, 4) is 22.2 Å². The van der Waals surface area contributed by atoms with Crippen molar-refractivity contribution in [1.29, 1.82) is 0 Å². The topological polar surface area (TPSA) is 56.2 Å². The Hall–Kier alpha value is -2.47. The smallest absolute Gasteiger partial charge is 0.235 e. The van der Waals surface area contributed by atoms with Crippen LogP contribution in [0.3, 0.4) is 0 Å². The van der Waals surface area contributed by atoms with Crippen LogP contribution in [0.15, 0.2) is 47.1 Å². The van der Waals surface area contributed by atoms with Crippen LogP contribution in [-0.4, -0.2) is 19.8 Å². The van der Waals surface area contributed by atoms with Crippen molar-refractivity contribution in [2.45, 2.75) is 26.2 Å². The van der Waals surface area contributed by atoms with Gasteiger partial charge in [0.15, 0.2) is 16.6 Å². The number of nitrogens with zero attached hydrogens (tertiary/aromatic N) is 4. The Morgan fingerprint density at radius 3 is 2.48 bits per heavy atom. The Labute approximate surface area is 137 Å². The van der Waals surface area contributed by atoms with Crippen molar-refractivity contribution in [3.63, 3.8) is 0 Å². The average molecular weight is 324 g/mol. The molecule has 0 unspecified atom stereocenters. The molecule has 0 aliphatic rings. The van der Waals surface area contributed by atoms with E-state index < -0.39 is 0 Å². The van der Waals surface area contributed by atoms with Gasteiger partial charge in [-0.2, -0.15) is 4.52 Å².